The van der Waals surface area contributed by atoms with Crippen molar-refractivity contribution < 1.29 is 14.3 Å². The second-order valence-electron chi connectivity index (χ2n) is 8.25. The van der Waals surface area contributed by atoms with E-state index in [4.69, 9.17) is 4.74 Å². The largest absolute Gasteiger partial charge is 0.497 e. The third-order valence-corrected chi connectivity index (χ3v) is 6.33. The molecule has 1 aromatic heterocycles. The Labute approximate surface area is 182 Å². The lowest BCUT2D eigenvalue weighted by Crippen LogP contribution is -2.42. The highest BCUT2D eigenvalue weighted by Gasteiger charge is 2.30. The van der Waals surface area contributed by atoms with Gasteiger partial charge < -0.3 is 19.9 Å². The molecule has 0 aliphatic carbocycles. The van der Waals surface area contributed by atoms with E-state index in [1.54, 1.807) is 7.11 Å². The second-order valence-corrected chi connectivity index (χ2v) is 8.25. The number of H-pyrrole nitrogens is 1. The quantitative estimate of drug-likeness (QED) is 0.635. The Morgan fingerprint density at radius 2 is 1.84 bits per heavy atom. The summed E-state index contributed by atoms with van der Waals surface area (Å²) in [4.78, 5) is 30.7. The number of hydrogen-bond donors (Lipinski definition) is 2. The zero-order valence-corrected chi connectivity index (χ0v) is 18.1. The zero-order chi connectivity index (χ0) is 21.8. The molecule has 1 saturated heterocycles. The molecule has 2 aromatic carbocycles. The lowest BCUT2D eigenvalue weighted by molar-refractivity contribution is -0.126. The van der Waals surface area contributed by atoms with Gasteiger partial charge in [-0.1, -0.05) is 37.3 Å². The first-order valence-corrected chi connectivity index (χ1v) is 10.8. The van der Waals surface area contributed by atoms with E-state index >= 15 is 0 Å². The van der Waals surface area contributed by atoms with Crippen LogP contribution in [-0.4, -0.2) is 41.9 Å². The van der Waals surface area contributed by atoms with Gasteiger partial charge in [-0.3, -0.25) is 9.59 Å². The summed E-state index contributed by atoms with van der Waals surface area (Å²) >= 11 is 0. The van der Waals surface area contributed by atoms with Crippen molar-refractivity contribution in [2.45, 2.75) is 26.3 Å². The summed E-state index contributed by atoms with van der Waals surface area (Å²) in [6, 6.07) is 17.5. The maximum Gasteiger partial charge on any atom is 0.270 e. The number of carbonyl (C=O) groups excluding carboxylic acids is 2. The molecule has 0 radical (unpaired) electrons. The van der Waals surface area contributed by atoms with Crippen LogP contribution in [0.25, 0.3) is 10.9 Å². The Balaban J connectivity index is 1.28. The molecule has 0 bridgehead atoms. The number of rotatable bonds is 6. The van der Waals surface area contributed by atoms with E-state index in [0.717, 1.165) is 35.1 Å². The molecule has 31 heavy (non-hydrogen) atoms. The molecule has 0 spiro atoms. The molecule has 162 valence electrons. The van der Waals surface area contributed by atoms with Crippen molar-refractivity contribution in [3.8, 4) is 5.75 Å². The zero-order valence-electron chi connectivity index (χ0n) is 18.1. The van der Waals surface area contributed by atoms with Gasteiger partial charge in [-0.25, -0.2) is 0 Å². The number of likely N-dealkylation sites (tertiary alicyclic amines) is 1. The predicted octanol–water partition coefficient (Wildman–Crippen LogP) is 3.98. The van der Waals surface area contributed by atoms with Gasteiger partial charge in [0.25, 0.3) is 5.91 Å². The van der Waals surface area contributed by atoms with Crippen LogP contribution in [0, 0.1) is 11.8 Å². The number of ether oxygens (including phenoxy) is 1. The van der Waals surface area contributed by atoms with Crippen LogP contribution >= 0.6 is 0 Å². The SMILES string of the molecule is COc1ccc(CNC(=O)[C@H](C)C2CCN(C(=O)c3cc4ccccc4[nH]3)CC2)cc1. The molecule has 0 unspecified atom stereocenters. The van der Waals surface area contributed by atoms with Gasteiger partial charge in [0.2, 0.25) is 5.91 Å². The number of nitrogens with zero attached hydrogens (tertiary/aromatic N) is 1. The Hall–Kier alpha value is -3.28. The lowest BCUT2D eigenvalue weighted by atomic mass is 9.84. The number of methoxy groups -OCH3 is 1. The number of piperidine rings is 1. The van der Waals surface area contributed by atoms with Crippen molar-refractivity contribution >= 4 is 22.7 Å². The number of nitrogens with one attached hydrogen (secondary N) is 2. The summed E-state index contributed by atoms with van der Waals surface area (Å²) in [5.41, 5.74) is 2.65. The Morgan fingerprint density at radius 3 is 2.52 bits per heavy atom. The van der Waals surface area contributed by atoms with Crippen LogP contribution in [0.5, 0.6) is 5.75 Å². The van der Waals surface area contributed by atoms with Gasteiger partial charge in [-0.05, 0) is 48.6 Å². The molecule has 1 fully saturated rings. The molecule has 1 aliphatic rings. The Kier molecular flexibility index (Phi) is 6.26. The minimum Gasteiger partial charge on any atom is -0.497 e. The maximum atomic E-state index is 12.9. The summed E-state index contributed by atoms with van der Waals surface area (Å²) in [7, 11) is 1.64. The van der Waals surface area contributed by atoms with Crippen LogP contribution in [-0.2, 0) is 11.3 Å². The van der Waals surface area contributed by atoms with E-state index in [9.17, 15) is 9.59 Å². The number of para-hydroxylation sites is 1. The third kappa shape index (κ3) is 4.74. The molecular weight excluding hydrogens is 390 g/mol. The van der Waals surface area contributed by atoms with Crippen LogP contribution in [0.2, 0.25) is 0 Å². The summed E-state index contributed by atoms with van der Waals surface area (Å²) in [6.07, 6.45) is 1.67. The van der Waals surface area contributed by atoms with E-state index < -0.39 is 0 Å². The minimum absolute atomic E-state index is 0.0336. The summed E-state index contributed by atoms with van der Waals surface area (Å²) in [5.74, 6) is 1.10. The average molecular weight is 420 g/mol. The standard InChI is InChI=1S/C25H29N3O3/c1-17(24(29)26-16-18-7-9-21(31-2)10-8-18)19-11-13-28(14-12-19)25(30)23-15-20-5-3-4-6-22(20)27-23/h3-10,15,17,19,27H,11-14,16H2,1-2H3,(H,26,29)/t17-/m1/s1. The first-order valence-electron chi connectivity index (χ1n) is 10.8. The molecule has 2 heterocycles. The Bertz CT molecular complexity index is 1020. The van der Waals surface area contributed by atoms with Crippen molar-refractivity contribution in [1.29, 1.82) is 0 Å². The molecule has 6 nitrogen and oxygen atoms in total. The molecule has 1 aliphatic heterocycles. The highest BCUT2D eigenvalue weighted by atomic mass is 16.5. The molecule has 2 amide bonds. The van der Waals surface area contributed by atoms with Crippen LogP contribution in [0.4, 0.5) is 0 Å². The van der Waals surface area contributed by atoms with Gasteiger partial charge in [0.05, 0.1) is 7.11 Å². The number of fused-ring (bicyclic) bond motifs is 1. The fourth-order valence-corrected chi connectivity index (χ4v) is 4.27. The van der Waals surface area contributed by atoms with E-state index in [1.807, 2.05) is 66.4 Å². The van der Waals surface area contributed by atoms with Gasteiger partial charge in [0.1, 0.15) is 11.4 Å². The Morgan fingerprint density at radius 1 is 1.13 bits per heavy atom. The van der Waals surface area contributed by atoms with E-state index in [-0.39, 0.29) is 23.7 Å². The highest BCUT2D eigenvalue weighted by Crippen LogP contribution is 2.27. The van der Waals surface area contributed by atoms with E-state index in [0.29, 0.717) is 25.3 Å². The summed E-state index contributed by atoms with van der Waals surface area (Å²) in [5, 5.41) is 4.09. The summed E-state index contributed by atoms with van der Waals surface area (Å²) < 4.78 is 5.16. The van der Waals surface area contributed by atoms with Crippen LogP contribution in [0.1, 0.15) is 35.8 Å². The lowest BCUT2D eigenvalue weighted by Gasteiger charge is -2.34. The van der Waals surface area contributed by atoms with Gasteiger partial charge in [0, 0.05) is 36.5 Å². The van der Waals surface area contributed by atoms with E-state index in [2.05, 4.69) is 10.3 Å². The van der Waals surface area contributed by atoms with Crippen LogP contribution < -0.4 is 10.1 Å². The third-order valence-electron chi connectivity index (χ3n) is 6.33. The topological polar surface area (TPSA) is 74.4 Å². The van der Waals surface area contributed by atoms with Crippen molar-refractivity contribution in [1.82, 2.24) is 15.2 Å². The number of carbonyl (C=O) groups is 2. The first kappa shape index (κ1) is 21.0. The number of benzene rings is 2. The van der Waals surface area contributed by atoms with Crippen molar-refractivity contribution in [3.05, 3.63) is 65.9 Å². The maximum absolute atomic E-state index is 12.9. The highest BCUT2D eigenvalue weighted by molar-refractivity contribution is 5.98. The smallest absolute Gasteiger partial charge is 0.270 e. The normalized spacial score (nSPS) is 15.6. The molecule has 4 rings (SSSR count). The van der Waals surface area contributed by atoms with Gasteiger partial charge in [-0.15, -0.1) is 0 Å². The van der Waals surface area contributed by atoms with E-state index in [1.165, 1.54) is 0 Å². The minimum atomic E-state index is -0.0800. The van der Waals surface area contributed by atoms with Crippen molar-refractivity contribution in [2.24, 2.45) is 11.8 Å². The molecular formula is C25H29N3O3. The van der Waals surface area contributed by atoms with Gasteiger partial charge in [-0.2, -0.15) is 0 Å². The average Bonchev–Trinajstić information content (AvgIpc) is 3.26. The van der Waals surface area contributed by atoms with Gasteiger partial charge >= 0.3 is 0 Å². The molecule has 1 atom stereocenters. The van der Waals surface area contributed by atoms with Crippen molar-refractivity contribution in [2.75, 3.05) is 20.2 Å². The second kappa shape index (κ2) is 9.25. The van der Waals surface area contributed by atoms with Gasteiger partial charge in [0.15, 0.2) is 0 Å². The molecule has 3 aromatic rings. The fourth-order valence-electron chi connectivity index (χ4n) is 4.27. The first-order chi connectivity index (χ1) is 15.0. The summed E-state index contributed by atoms with van der Waals surface area (Å²) in [6.45, 7) is 3.85. The molecule has 2 N–H and O–H groups in total. The van der Waals surface area contributed by atoms with Crippen molar-refractivity contribution in [3.63, 3.8) is 0 Å². The molecule has 6 heteroatoms. The number of aromatic nitrogens is 1. The number of amides is 2. The fraction of sp³-hybridized carbons (Fsp3) is 0.360. The van der Waals surface area contributed by atoms with Crippen LogP contribution in [0.15, 0.2) is 54.6 Å². The number of aromatic amines is 1. The monoisotopic (exact) mass is 419 g/mol. The number of hydrogen-bond acceptors (Lipinski definition) is 3. The van der Waals surface area contributed by atoms with Crippen LogP contribution in [0.3, 0.4) is 0 Å². The predicted molar refractivity (Wildman–Crippen MR) is 121 cm³/mol. The molecule has 0 saturated carbocycles.